The molecule has 24 heavy (non-hydrogen) atoms. The normalized spacial score (nSPS) is 16.8. The van der Waals surface area contributed by atoms with E-state index in [1.807, 2.05) is 37.3 Å². The SMILES string of the molecule is Cc1cccc(N2C[C@H](C(=O)Nc3ccc(C#N)cc3)CC2=O)c1. The Balaban J connectivity index is 1.68. The average Bonchev–Trinajstić information content (AvgIpc) is 2.97. The number of nitrogens with one attached hydrogen (secondary N) is 1. The number of hydrogen-bond donors (Lipinski definition) is 1. The standard InChI is InChI=1S/C19H17N3O2/c1-13-3-2-4-17(9-13)22-12-15(10-18(22)23)19(24)21-16-7-5-14(11-20)6-8-16/h2-9,15H,10,12H2,1H3,(H,21,24)/t15-/m1/s1. The monoisotopic (exact) mass is 319 g/mol. The average molecular weight is 319 g/mol. The van der Waals surface area contributed by atoms with Crippen LogP contribution in [0.3, 0.4) is 0 Å². The zero-order valence-corrected chi connectivity index (χ0v) is 13.3. The van der Waals surface area contributed by atoms with Crippen molar-refractivity contribution in [1.29, 1.82) is 5.26 Å². The first-order chi connectivity index (χ1) is 11.6. The third-order valence-electron chi connectivity index (χ3n) is 4.09. The molecule has 1 saturated heterocycles. The van der Waals surface area contributed by atoms with Gasteiger partial charge < -0.3 is 10.2 Å². The summed E-state index contributed by atoms with van der Waals surface area (Å²) in [6.07, 6.45) is 0.204. The molecule has 1 atom stereocenters. The molecule has 0 radical (unpaired) electrons. The number of nitriles is 1. The van der Waals surface area contributed by atoms with Gasteiger partial charge >= 0.3 is 0 Å². The van der Waals surface area contributed by atoms with Gasteiger partial charge in [0, 0.05) is 24.3 Å². The molecular weight excluding hydrogens is 302 g/mol. The molecule has 1 heterocycles. The highest BCUT2D eigenvalue weighted by Gasteiger charge is 2.35. The summed E-state index contributed by atoms with van der Waals surface area (Å²) < 4.78 is 0. The second-order valence-corrected chi connectivity index (χ2v) is 5.92. The zero-order chi connectivity index (χ0) is 17.1. The van der Waals surface area contributed by atoms with Gasteiger partial charge in [-0.25, -0.2) is 0 Å². The van der Waals surface area contributed by atoms with Gasteiger partial charge in [-0.3, -0.25) is 9.59 Å². The van der Waals surface area contributed by atoms with Crippen molar-refractivity contribution in [1.82, 2.24) is 0 Å². The largest absolute Gasteiger partial charge is 0.326 e. The van der Waals surface area contributed by atoms with Crippen molar-refractivity contribution < 1.29 is 9.59 Å². The first kappa shape index (κ1) is 15.8. The van der Waals surface area contributed by atoms with Crippen molar-refractivity contribution in [3.05, 3.63) is 59.7 Å². The smallest absolute Gasteiger partial charge is 0.229 e. The van der Waals surface area contributed by atoms with Crippen molar-refractivity contribution in [3.8, 4) is 6.07 Å². The number of carbonyl (C=O) groups excluding carboxylic acids is 2. The van der Waals surface area contributed by atoms with E-state index in [0.29, 0.717) is 17.8 Å². The van der Waals surface area contributed by atoms with Crippen LogP contribution in [-0.4, -0.2) is 18.4 Å². The number of benzene rings is 2. The van der Waals surface area contributed by atoms with Gasteiger partial charge in [-0.05, 0) is 48.9 Å². The van der Waals surface area contributed by atoms with Gasteiger partial charge in [0.25, 0.3) is 0 Å². The maximum atomic E-state index is 12.4. The number of rotatable bonds is 3. The van der Waals surface area contributed by atoms with Gasteiger partial charge in [0.15, 0.2) is 0 Å². The molecule has 5 nitrogen and oxygen atoms in total. The maximum absolute atomic E-state index is 12.4. The Hall–Kier alpha value is -3.13. The summed E-state index contributed by atoms with van der Waals surface area (Å²) in [7, 11) is 0. The highest BCUT2D eigenvalue weighted by molar-refractivity contribution is 6.03. The maximum Gasteiger partial charge on any atom is 0.229 e. The molecule has 0 saturated carbocycles. The minimum absolute atomic E-state index is 0.0411. The quantitative estimate of drug-likeness (QED) is 0.945. The molecule has 2 aromatic carbocycles. The van der Waals surface area contributed by atoms with Crippen molar-refractivity contribution in [2.75, 3.05) is 16.8 Å². The van der Waals surface area contributed by atoms with E-state index in [4.69, 9.17) is 5.26 Å². The lowest BCUT2D eigenvalue weighted by Gasteiger charge is -2.17. The van der Waals surface area contributed by atoms with E-state index in [0.717, 1.165) is 11.3 Å². The highest BCUT2D eigenvalue weighted by Crippen LogP contribution is 2.26. The molecular formula is C19H17N3O2. The van der Waals surface area contributed by atoms with Gasteiger partial charge in [0.2, 0.25) is 11.8 Å². The molecule has 5 heteroatoms. The Labute approximate surface area is 140 Å². The zero-order valence-electron chi connectivity index (χ0n) is 13.3. The molecule has 0 unspecified atom stereocenters. The summed E-state index contributed by atoms with van der Waals surface area (Å²) in [4.78, 5) is 26.3. The molecule has 2 aromatic rings. The Morgan fingerprint density at radius 2 is 2.00 bits per heavy atom. The molecule has 0 spiro atoms. The fourth-order valence-corrected chi connectivity index (χ4v) is 2.80. The molecule has 1 aliphatic heterocycles. The van der Waals surface area contributed by atoms with Crippen LogP contribution in [0.1, 0.15) is 17.5 Å². The van der Waals surface area contributed by atoms with Gasteiger partial charge in [-0.15, -0.1) is 0 Å². The fraction of sp³-hybridized carbons (Fsp3) is 0.211. The van der Waals surface area contributed by atoms with Crippen LogP contribution in [0.15, 0.2) is 48.5 Å². The van der Waals surface area contributed by atoms with Crippen LogP contribution >= 0.6 is 0 Å². The van der Waals surface area contributed by atoms with Gasteiger partial charge in [-0.2, -0.15) is 5.26 Å². The Kier molecular flexibility index (Phi) is 4.30. The third kappa shape index (κ3) is 3.28. The van der Waals surface area contributed by atoms with Crippen LogP contribution in [-0.2, 0) is 9.59 Å². The van der Waals surface area contributed by atoms with E-state index in [9.17, 15) is 9.59 Å². The van der Waals surface area contributed by atoms with E-state index in [1.54, 1.807) is 29.2 Å². The second-order valence-electron chi connectivity index (χ2n) is 5.92. The summed E-state index contributed by atoms with van der Waals surface area (Å²) in [5.41, 5.74) is 3.06. The summed E-state index contributed by atoms with van der Waals surface area (Å²) in [5, 5.41) is 11.6. The van der Waals surface area contributed by atoms with Crippen molar-refractivity contribution >= 4 is 23.2 Å². The van der Waals surface area contributed by atoms with E-state index in [-0.39, 0.29) is 24.2 Å². The van der Waals surface area contributed by atoms with Crippen LogP contribution in [0.25, 0.3) is 0 Å². The van der Waals surface area contributed by atoms with Gasteiger partial charge in [0.1, 0.15) is 0 Å². The Bertz CT molecular complexity index is 821. The topological polar surface area (TPSA) is 73.2 Å². The highest BCUT2D eigenvalue weighted by atomic mass is 16.2. The molecule has 120 valence electrons. The Morgan fingerprint density at radius 1 is 1.25 bits per heavy atom. The summed E-state index contributed by atoms with van der Waals surface area (Å²) >= 11 is 0. The second kappa shape index (κ2) is 6.55. The number of nitrogens with zero attached hydrogens (tertiary/aromatic N) is 2. The molecule has 0 aliphatic carbocycles. The number of aryl methyl sites for hydroxylation is 1. The molecule has 3 rings (SSSR count). The minimum atomic E-state index is -0.381. The summed E-state index contributed by atoms with van der Waals surface area (Å²) in [6, 6.07) is 16.4. The predicted molar refractivity (Wildman–Crippen MR) is 91.4 cm³/mol. The van der Waals surface area contributed by atoms with E-state index >= 15 is 0 Å². The van der Waals surface area contributed by atoms with E-state index in [1.165, 1.54) is 0 Å². The number of carbonyl (C=O) groups is 2. The van der Waals surface area contributed by atoms with Crippen LogP contribution in [0.5, 0.6) is 0 Å². The van der Waals surface area contributed by atoms with Crippen LogP contribution in [0.4, 0.5) is 11.4 Å². The molecule has 2 amide bonds. The third-order valence-corrected chi connectivity index (χ3v) is 4.09. The first-order valence-corrected chi connectivity index (χ1v) is 7.75. The summed E-state index contributed by atoms with van der Waals surface area (Å²) in [6.45, 7) is 2.35. The van der Waals surface area contributed by atoms with E-state index in [2.05, 4.69) is 5.32 Å². The molecule has 1 aliphatic rings. The van der Waals surface area contributed by atoms with Crippen LogP contribution in [0, 0.1) is 24.2 Å². The van der Waals surface area contributed by atoms with Crippen LogP contribution < -0.4 is 10.2 Å². The first-order valence-electron chi connectivity index (χ1n) is 7.75. The number of anilines is 2. The molecule has 0 aromatic heterocycles. The lowest BCUT2D eigenvalue weighted by atomic mass is 10.1. The van der Waals surface area contributed by atoms with Crippen molar-refractivity contribution in [2.45, 2.75) is 13.3 Å². The van der Waals surface area contributed by atoms with Crippen molar-refractivity contribution in [2.24, 2.45) is 5.92 Å². The van der Waals surface area contributed by atoms with E-state index < -0.39 is 0 Å². The molecule has 1 N–H and O–H groups in total. The minimum Gasteiger partial charge on any atom is -0.326 e. The van der Waals surface area contributed by atoms with Gasteiger partial charge in [-0.1, -0.05) is 12.1 Å². The Morgan fingerprint density at radius 3 is 2.67 bits per heavy atom. The summed E-state index contributed by atoms with van der Waals surface area (Å²) in [5.74, 6) is -0.600. The fourth-order valence-electron chi connectivity index (χ4n) is 2.80. The molecule has 0 bridgehead atoms. The van der Waals surface area contributed by atoms with Gasteiger partial charge in [0.05, 0.1) is 17.6 Å². The number of hydrogen-bond acceptors (Lipinski definition) is 3. The van der Waals surface area contributed by atoms with Crippen molar-refractivity contribution in [3.63, 3.8) is 0 Å². The lowest BCUT2D eigenvalue weighted by molar-refractivity contribution is -0.122. The number of amides is 2. The predicted octanol–water partition coefficient (Wildman–Crippen LogP) is 2.86. The lowest BCUT2D eigenvalue weighted by Crippen LogP contribution is -2.28. The van der Waals surface area contributed by atoms with Crippen LogP contribution in [0.2, 0.25) is 0 Å². The molecule has 1 fully saturated rings.